The summed E-state index contributed by atoms with van der Waals surface area (Å²) in [7, 11) is 0. The first-order valence-electron chi connectivity index (χ1n) is 5.39. The van der Waals surface area contributed by atoms with Crippen LogP contribution in [0.2, 0.25) is 5.02 Å². The van der Waals surface area contributed by atoms with Gasteiger partial charge in [-0.2, -0.15) is 0 Å². The number of hydrogen-bond acceptors (Lipinski definition) is 5. The second-order valence-electron chi connectivity index (χ2n) is 3.58. The molecular formula is C11H13ClN4S. The van der Waals surface area contributed by atoms with Gasteiger partial charge in [0.25, 0.3) is 0 Å². The summed E-state index contributed by atoms with van der Waals surface area (Å²) in [5.74, 6) is 0. The van der Waals surface area contributed by atoms with Crippen molar-refractivity contribution in [1.29, 1.82) is 0 Å². The standard InChI is InChI=1S/C11H13ClN4S/c1-3-14-7(2)10-15-16-11(17-10)8-4-5-13-6-9(8)12/h4-7,14H,3H2,1-2H3. The summed E-state index contributed by atoms with van der Waals surface area (Å²) in [6.07, 6.45) is 3.32. The van der Waals surface area contributed by atoms with E-state index in [4.69, 9.17) is 11.6 Å². The zero-order chi connectivity index (χ0) is 12.3. The number of hydrogen-bond donors (Lipinski definition) is 1. The molecule has 0 radical (unpaired) electrons. The van der Waals surface area contributed by atoms with E-state index in [0.29, 0.717) is 5.02 Å². The van der Waals surface area contributed by atoms with E-state index in [1.54, 1.807) is 23.7 Å². The third kappa shape index (κ3) is 2.80. The minimum Gasteiger partial charge on any atom is -0.308 e. The van der Waals surface area contributed by atoms with Crippen LogP contribution in [-0.2, 0) is 0 Å². The highest BCUT2D eigenvalue weighted by molar-refractivity contribution is 7.14. The van der Waals surface area contributed by atoms with Crippen LogP contribution in [0.15, 0.2) is 18.5 Å². The van der Waals surface area contributed by atoms with E-state index >= 15 is 0 Å². The van der Waals surface area contributed by atoms with Crippen molar-refractivity contribution < 1.29 is 0 Å². The second kappa shape index (κ2) is 5.53. The number of pyridine rings is 1. The van der Waals surface area contributed by atoms with Crippen LogP contribution in [0.1, 0.15) is 24.9 Å². The molecule has 0 fully saturated rings. The number of nitrogens with one attached hydrogen (secondary N) is 1. The van der Waals surface area contributed by atoms with E-state index < -0.39 is 0 Å². The molecule has 2 aromatic rings. The Kier molecular flexibility index (Phi) is 4.04. The Hall–Kier alpha value is -1.04. The molecule has 0 aliphatic carbocycles. The van der Waals surface area contributed by atoms with Crippen LogP contribution in [0.25, 0.3) is 10.6 Å². The van der Waals surface area contributed by atoms with Crippen molar-refractivity contribution in [3.8, 4) is 10.6 Å². The molecule has 0 saturated carbocycles. The van der Waals surface area contributed by atoms with Gasteiger partial charge in [0.2, 0.25) is 0 Å². The molecule has 17 heavy (non-hydrogen) atoms. The zero-order valence-corrected chi connectivity index (χ0v) is 11.2. The quantitative estimate of drug-likeness (QED) is 0.926. The van der Waals surface area contributed by atoms with Gasteiger partial charge in [0.05, 0.1) is 11.1 Å². The van der Waals surface area contributed by atoms with Gasteiger partial charge in [-0.25, -0.2) is 0 Å². The van der Waals surface area contributed by atoms with Crippen LogP contribution in [-0.4, -0.2) is 21.7 Å². The highest BCUT2D eigenvalue weighted by Gasteiger charge is 2.13. The fourth-order valence-electron chi connectivity index (χ4n) is 1.46. The molecule has 0 aliphatic heterocycles. The Morgan fingerprint density at radius 1 is 1.47 bits per heavy atom. The lowest BCUT2D eigenvalue weighted by atomic mass is 10.3. The molecule has 0 spiro atoms. The Morgan fingerprint density at radius 2 is 2.29 bits per heavy atom. The summed E-state index contributed by atoms with van der Waals surface area (Å²) < 4.78 is 0. The van der Waals surface area contributed by atoms with Crippen molar-refractivity contribution >= 4 is 22.9 Å². The molecule has 0 amide bonds. The van der Waals surface area contributed by atoms with Gasteiger partial charge in [0.15, 0.2) is 0 Å². The van der Waals surface area contributed by atoms with Crippen molar-refractivity contribution in [1.82, 2.24) is 20.5 Å². The van der Waals surface area contributed by atoms with Gasteiger partial charge in [-0.05, 0) is 19.5 Å². The second-order valence-corrected chi connectivity index (χ2v) is 5.00. The number of nitrogens with zero attached hydrogens (tertiary/aromatic N) is 3. The maximum absolute atomic E-state index is 6.07. The molecule has 0 aliphatic rings. The van der Waals surface area contributed by atoms with Crippen LogP contribution < -0.4 is 5.32 Å². The molecule has 90 valence electrons. The number of halogens is 1. The van der Waals surface area contributed by atoms with Gasteiger partial charge in [0, 0.05) is 18.0 Å². The monoisotopic (exact) mass is 268 g/mol. The molecule has 1 N–H and O–H groups in total. The summed E-state index contributed by atoms with van der Waals surface area (Å²) in [4.78, 5) is 3.95. The topological polar surface area (TPSA) is 50.7 Å². The average Bonchev–Trinajstić information content (AvgIpc) is 2.79. The fraction of sp³-hybridized carbons (Fsp3) is 0.364. The Bertz CT molecular complexity index is 500. The fourth-order valence-corrected chi connectivity index (χ4v) is 2.63. The van der Waals surface area contributed by atoms with E-state index in [-0.39, 0.29) is 6.04 Å². The molecule has 2 aromatic heterocycles. The van der Waals surface area contributed by atoms with Crippen LogP contribution >= 0.6 is 22.9 Å². The average molecular weight is 269 g/mol. The van der Waals surface area contributed by atoms with E-state index in [1.807, 2.05) is 6.07 Å². The first-order chi connectivity index (χ1) is 8.22. The predicted molar refractivity (Wildman–Crippen MR) is 70.2 cm³/mol. The first-order valence-corrected chi connectivity index (χ1v) is 6.58. The van der Waals surface area contributed by atoms with Gasteiger partial charge in [-0.3, -0.25) is 4.98 Å². The van der Waals surface area contributed by atoms with Crippen molar-refractivity contribution in [2.24, 2.45) is 0 Å². The Balaban J connectivity index is 2.27. The van der Waals surface area contributed by atoms with Crippen molar-refractivity contribution in [3.63, 3.8) is 0 Å². The summed E-state index contributed by atoms with van der Waals surface area (Å²) in [6, 6.07) is 2.07. The molecule has 1 atom stereocenters. The van der Waals surface area contributed by atoms with Gasteiger partial charge >= 0.3 is 0 Å². The van der Waals surface area contributed by atoms with Crippen LogP contribution in [0.3, 0.4) is 0 Å². The smallest absolute Gasteiger partial charge is 0.149 e. The summed E-state index contributed by atoms with van der Waals surface area (Å²) >= 11 is 7.62. The SMILES string of the molecule is CCNC(C)c1nnc(-c2ccncc2Cl)s1. The summed E-state index contributed by atoms with van der Waals surface area (Å²) in [6.45, 7) is 5.05. The van der Waals surface area contributed by atoms with Gasteiger partial charge in [-0.15, -0.1) is 10.2 Å². The van der Waals surface area contributed by atoms with Crippen molar-refractivity contribution in [2.75, 3.05) is 6.54 Å². The molecule has 2 rings (SSSR count). The van der Waals surface area contributed by atoms with Crippen molar-refractivity contribution in [3.05, 3.63) is 28.5 Å². The van der Waals surface area contributed by atoms with Crippen LogP contribution in [0, 0.1) is 0 Å². The van der Waals surface area contributed by atoms with E-state index in [2.05, 4.69) is 34.3 Å². The van der Waals surface area contributed by atoms with Gasteiger partial charge in [0.1, 0.15) is 10.0 Å². The summed E-state index contributed by atoms with van der Waals surface area (Å²) in [5, 5.41) is 14.1. The van der Waals surface area contributed by atoms with E-state index in [1.165, 1.54) is 0 Å². The predicted octanol–water partition coefficient (Wildman–Crippen LogP) is 2.92. The lowest BCUT2D eigenvalue weighted by Crippen LogP contribution is -2.17. The highest BCUT2D eigenvalue weighted by Crippen LogP contribution is 2.30. The van der Waals surface area contributed by atoms with Crippen LogP contribution in [0.4, 0.5) is 0 Å². The number of aromatic nitrogens is 3. The van der Waals surface area contributed by atoms with Crippen molar-refractivity contribution in [2.45, 2.75) is 19.9 Å². The Labute approximate surface area is 109 Å². The molecule has 0 bridgehead atoms. The lowest BCUT2D eigenvalue weighted by molar-refractivity contribution is 0.590. The Morgan fingerprint density at radius 3 is 3.00 bits per heavy atom. The third-order valence-electron chi connectivity index (χ3n) is 2.32. The van der Waals surface area contributed by atoms with Gasteiger partial charge < -0.3 is 5.32 Å². The molecular weight excluding hydrogens is 256 g/mol. The largest absolute Gasteiger partial charge is 0.308 e. The normalized spacial score (nSPS) is 12.6. The van der Waals surface area contributed by atoms with Gasteiger partial charge in [-0.1, -0.05) is 29.9 Å². The minimum atomic E-state index is 0.215. The lowest BCUT2D eigenvalue weighted by Gasteiger charge is -2.06. The maximum atomic E-state index is 6.07. The molecule has 2 heterocycles. The molecule has 1 unspecified atom stereocenters. The molecule has 0 saturated heterocycles. The third-order valence-corrected chi connectivity index (χ3v) is 3.76. The maximum Gasteiger partial charge on any atom is 0.149 e. The molecule has 4 nitrogen and oxygen atoms in total. The molecule has 6 heteroatoms. The summed E-state index contributed by atoms with van der Waals surface area (Å²) in [5.41, 5.74) is 0.883. The zero-order valence-electron chi connectivity index (χ0n) is 9.64. The highest BCUT2D eigenvalue weighted by atomic mass is 35.5. The first kappa shape index (κ1) is 12.4. The van der Waals surface area contributed by atoms with E-state index in [9.17, 15) is 0 Å². The van der Waals surface area contributed by atoms with E-state index in [0.717, 1.165) is 22.1 Å². The molecule has 0 aromatic carbocycles. The van der Waals surface area contributed by atoms with Crippen LogP contribution in [0.5, 0.6) is 0 Å². The number of rotatable bonds is 4. The minimum absolute atomic E-state index is 0.215.